The number of aromatic hydroxyl groups is 15. The number of benzene rings is 17. The summed E-state index contributed by atoms with van der Waals surface area (Å²) in [6.45, 7) is 34.0. The number of carboxylic acids is 1. The molecule has 17 aromatic carbocycles. The Kier molecular flexibility index (Phi) is 37.2. The molecule has 0 unspecified atom stereocenters. The maximum Gasteiger partial charge on any atom is 0.303 e. The molecule has 0 amide bonds. The number of hydrogen-bond donors (Lipinski definition) is 16. The lowest BCUT2D eigenvalue weighted by Crippen LogP contribution is -2.27. The Morgan fingerprint density at radius 2 is 0.320 bits per heavy atom. The van der Waals surface area contributed by atoms with Crippen molar-refractivity contribution in [3.63, 3.8) is 0 Å². The van der Waals surface area contributed by atoms with Crippen molar-refractivity contribution in [2.75, 3.05) is 0 Å². The number of carboxylic acid groups (broad SMARTS) is 1. The number of phenols is 15. The van der Waals surface area contributed by atoms with Gasteiger partial charge >= 0.3 is 5.97 Å². The predicted octanol–water partition coefficient (Wildman–Crippen LogP) is 30.4. The molecular formula is C133H142O17. The number of hydrogen-bond acceptors (Lipinski definition) is 16. The van der Waals surface area contributed by atoms with Gasteiger partial charge in [-0.3, -0.25) is 4.79 Å². The van der Waals surface area contributed by atoms with Crippen molar-refractivity contribution in [1.82, 2.24) is 0 Å². The van der Waals surface area contributed by atoms with Gasteiger partial charge in [0.15, 0.2) is 0 Å². The van der Waals surface area contributed by atoms with E-state index in [1.807, 2.05) is 189 Å². The van der Waals surface area contributed by atoms with E-state index in [9.17, 15) is 81.4 Å². The first-order valence-corrected chi connectivity index (χ1v) is 50.4. The van der Waals surface area contributed by atoms with E-state index < -0.39 is 22.2 Å². The minimum Gasteiger partial charge on any atom is -0.508 e. The zero-order valence-electron chi connectivity index (χ0n) is 88.4. The second-order valence-electron chi connectivity index (χ2n) is 41.5. The van der Waals surface area contributed by atoms with Gasteiger partial charge in [0.2, 0.25) is 0 Å². The fraction of sp³-hybridized carbons (Fsp3) is 0.226. The van der Waals surface area contributed by atoms with Crippen molar-refractivity contribution in [1.29, 1.82) is 0 Å². The maximum absolute atomic E-state index is 10.9. The Hall–Kier alpha value is -16.8. The monoisotopic (exact) mass is 2010 g/mol. The Morgan fingerprint density at radius 3 is 0.473 bits per heavy atom. The number of aliphatic carboxylic acids is 1. The Morgan fingerprint density at radius 1 is 0.180 bits per heavy atom. The van der Waals surface area contributed by atoms with Crippen molar-refractivity contribution in [2.24, 2.45) is 0 Å². The fourth-order valence-corrected chi connectivity index (χ4v) is 19.1. The average molecular weight is 2010 g/mol. The van der Waals surface area contributed by atoms with Crippen LogP contribution in [0, 0.1) is 0 Å². The van der Waals surface area contributed by atoms with E-state index in [1.54, 1.807) is 182 Å². The lowest BCUT2D eigenvalue weighted by atomic mass is 9.68. The quantitative estimate of drug-likeness (QED) is 0.0265. The fourth-order valence-electron chi connectivity index (χ4n) is 19.1. The Bertz CT molecular complexity index is 6490. The molecule has 0 aliphatic heterocycles. The summed E-state index contributed by atoms with van der Waals surface area (Å²) in [6, 6.07) is 126. The van der Waals surface area contributed by atoms with Gasteiger partial charge in [0.1, 0.15) is 86.2 Å². The minimum absolute atomic E-state index is 0.0399. The molecule has 0 spiro atoms. The highest BCUT2D eigenvalue weighted by Gasteiger charge is 2.39. The van der Waals surface area contributed by atoms with E-state index in [2.05, 4.69) is 152 Å². The van der Waals surface area contributed by atoms with Gasteiger partial charge in [0.25, 0.3) is 0 Å². The van der Waals surface area contributed by atoms with Crippen LogP contribution in [-0.2, 0) is 53.5 Å². The summed E-state index contributed by atoms with van der Waals surface area (Å²) in [7, 11) is 0. The third-order valence-corrected chi connectivity index (χ3v) is 29.7. The van der Waals surface area contributed by atoms with Crippen LogP contribution in [0.4, 0.5) is 0 Å². The van der Waals surface area contributed by atoms with Crippen molar-refractivity contribution < 1.29 is 86.5 Å². The predicted molar refractivity (Wildman–Crippen MR) is 602 cm³/mol. The zero-order valence-corrected chi connectivity index (χ0v) is 88.4. The largest absolute Gasteiger partial charge is 0.508 e. The molecule has 0 heterocycles. The van der Waals surface area contributed by atoms with Crippen LogP contribution < -0.4 is 0 Å². The van der Waals surface area contributed by atoms with Gasteiger partial charge in [-0.15, -0.1) is 0 Å². The highest BCUT2D eigenvalue weighted by atomic mass is 16.4. The Balaban J connectivity index is 0.000000167. The van der Waals surface area contributed by atoms with E-state index in [4.69, 9.17) is 5.11 Å². The molecule has 0 radical (unpaired) electrons. The molecule has 17 aromatic rings. The van der Waals surface area contributed by atoms with Crippen molar-refractivity contribution in [3.8, 4) is 86.2 Å². The van der Waals surface area contributed by atoms with E-state index in [0.717, 1.165) is 119 Å². The molecule has 16 N–H and O–H groups in total. The summed E-state index contributed by atoms with van der Waals surface area (Å²) in [4.78, 5) is 10.9. The van der Waals surface area contributed by atoms with Crippen LogP contribution >= 0.6 is 0 Å². The molecular weight excluding hydrogens is 1870 g/mol. The molecule has 0 saturated heterocycles. The summed E-state index contributed by atoms with van der Waals surface area (Å²) in [5, 5.41) is 153. The number of phenolic OH excluding ortho intramolecular Hbond substituents is 15. The number of rotatable bonds is 23. The first-order valence-electron chi connectivity index (χ1n) is 50.4. The molecule has 0 aliphatic carbocycles. The Labute approximate surface area is 883 Å². The normalized spacial score (nSPS) is 11.7. The summed E-state index contributed by atoms with van der Waals surface area (Å²) < 4.78 is 0. The first kappa shape index (κ1) is 114. The molecule has 0 fully saturated rings. The molecule has 0 atom stereocenters. The zero-order chi connectivity index (χ0) is 109. The topological polar surface area (TPSA) is 341 Å². The molecule has 0 aromatic heterocycles. The van der Waals surface area contributed by atoms with Crippen LogP contribution in [0.25, 0.3) is 0 Å². The second-order valence-corrected chi connectivity index (χ2v) is 41.5. The molecule has 150 heavy (non-hydrogen) atoms. The summed E-state index contributed by atoms with van der Waals surface area (Å²) in [5.41, 5.74) is 17.9. The smallest absolute Gasteiger partial charge is 0.303 e. The molecule has 17 nitrogen and oxygen atoms in total. The van der Waals surface area contributed by atoms with Gasteiger partial charge in [-0.2, -0.15) is 0 Å². The van der Waals surface area contributed by atoms with Crippen LogP contribution in [0.1, 0.15) is 249 Å². The highest BCUT2D eigenvalue weighted by molar-refractivity contribution is 5.67. The molecule has 0 aliphatic rings. The third-order valence-electron chi connectivity index (χ3n) is 29.7. The van der Waals surface area contributed by atoms with E-state index >= 15 is 0 Å². The van der Waals surface area contributed by atoms with E-state index in [-0.39, 0.29) is 114 Å². The van der Waals surface area contributed by atoms with Crippen LogP contribution in [0.3, 0.4) is 0 Å². The first-order chi connectivity index (χ1) is 71.0. The van der Waals surface area contributed by atoms with Crippen LogP contribution in [0.2, 0.25) is 0 Å². The molecule has 776 valence electrons. The maximum atomic E-state index is 10.9. The standard InChI is InChI=1S/C28H34O2.C20H18O3.C20H18O2.C17H18O4.3C16H18O2/c1-26(2,3)22-17-20(13-15-24(22)29)28(7,19-11-9-8-10-12-19)21-14-16-25(30)23(18-21)27(4,5)6;1-20(14-2-8-17(21)9-3-14,15-4-10-18(22)11-5-15)16-6-12-19(23)13-7-16;1-20(15-5-3-2-4-6-15,16-7-11-18(21)12-8-16)17-9-13-19(22)14-10-17;1-17(11-10-16(20)21,12-2-6-14(18)7-3-12)13-4-8-15(19)9-5-13;3*1-3-16(2,12-4-8-14(17)9-5-12)13-6-10-15(18)11-7-13/h8-18,29-30H,1-7H3;2-13,21-23H,1H3;2-14,21-22H,1H3;2-9,18-19H,10-11H2,1H3,(H,20,21);3*4-11,17-18H,3H2,1-2H3. The lowest BCUT2D eigenvalue weighted by Gasteiger charge is -2.35. The van der Waals surface area contributed by atoms with Crippen molar-refractivity contribution in [2.45, 2.75) is 192 Å². The summed E-state index contributed by atoms with van der Waals surface area (Å²) in [6.07, 6.45) is 3.31. The van der Waals surface area contributed by atoms with Gasteiger partial charge in [-0.25, -0.2) is 0 Å². The van der Waals surface area contributed by atoms with Crippen molar-refractivity contribution in [3.05, 3.63) is 518 Å². The molecule has 17 rings (SSSR count). The van der Waals surface area contributed by atoms with Crippen LogP contribution in [0.5, 0.6) is 86.2 Å². The van der Waals surface area contributed by atoms with Gasteiger partial charge < -0.3 is 81.7 Å². The minimum atomic E-state index is -0.848. The van der Waals surface area contributed by atoms with Crippen LogP contribution in [0.15, 0.2) is 413 Å². The third kappa shape index (κ3) is 27.5. The highest BCUT2D eigenvalue weighted by Crippen LogP contribution is 2.49. The molecule has 17 heteroatoms. The summed E-state index contributed by atoms with van der Waals surface area (Å²) >= 11 is 0. The lowest BCUT2D eigenvalue weighted by molar-refractivity contribution is -0.137. The van der Waals surface area contributed by atoms with Crippen molar-refractivity contribution >= 4 is 5.97 Å². The average Bonchev–Trinajstić information content (AvgIpc) is 0.771. The molecule has 0 saturated carbocycles. The van der Waals surface area contributed by atoms with Gasteiger partial charge in [0.05, 0.1) is 0 Å². The van der Waals surface area contributed by atoms with E-state index in [1.165, 1.54) is 5.56 Å². The second kappa shape index (κ2) is 49.1. The number of carbonyl (C=O) groups is 1. The van der Waals surface area contributed by atoms with Gasteiger partial charge in [-0.1, -0.05) is 333 Å². The SMILES string of the molecule is CC(C)(C)c1cc(C(C)(c2ccccc2)c2ccc(O)c(C(C)(C)C)c2)ccc1O.CC(CCC(=O)O)(c1ccc(O)cc1)c1ccc(O)cc1.CC(c1ccc(O)cc1)(c1ccc(O)cc1)c1ccc(O)cc1.CC(c1ccccc1)(c1ccc(O)cc1)c1ccc(O)cc1.CCC(C)(c1ccc(O)cc1)c1ccc(O)cc1.CCC(C)(c1ccc(O)cc1)c1ccc(O)cc1.CCC(C)(c1ccc(O)cc1)c1ccc(O)cc1. The van der Waals surface area contributed by atoms with E-state index in [0.29, 0.717) is 17.9 Å². The van der Waals surface area contributed by atoms with Crippen LogP contribution in [-0.4, -0.2) is 87.7 Å². The van der Waals surface area contributed by atoms with Gasteiger partial charge in [0, 0.05) is 44.3 Å². The van der Waals surface area contributed by atoms with Gasteiger partial charge in [-0.05, 0) is 333 Å². The molecule has 0 bridgehead atoms. The summed E-state index contributed by atoms with van der Waals surface area (Å²) in [5.74, 6) is 2.98.